The van der Waals surface area contributed by atoms with Gasteiger partial charge in [-0.3, -0.25) is 4.79 Å². The highest BCUT2D eigenvalue weighted by molar-refractivity contribution is 6.34. The molecule has 0 radical (unpaired) electrons. The molecule has 0 aliphatic carbocycles. The van der Waals surface area contributed by atoms with Crippen molar-refractivity contribution < 1.29 is 14.7 Å². The summed E-state index contributed by atoms with van der Waals surface area (Å²) in [6.07, 6.45) is 0. The van der Waals surface area contributed by atoms with Gasteiger partial charge in [0.1, 0.15) is 0 Å². The van der Waals surface area contributed by atoms with E-state index in [9.17, 15) is 14.7 Å². The van der Waals surface area contributed by atoms with Crippen molar-refractivity contribution in [1.29, 1.82) is 0 Å². The molecular formula is C14H10ClNO3. The van der Waals surface area contributed by atoms with Crippen LogP contribution in [0.3, 0.4) is 0 Å². The molecule has 0 fully saturated rings. The van der Waals surface area contributed by atoms with E-state index in [1.807, 2.05) is 0 Å². The van der Waals surface area contributed by atoms with Crippen molar-refractivity contribution in [2.45, 2.75) is 0 Å². The van der Waals surface area contributed by atoms with Crippen LogP contribution < -0.4 is 5.73 Å². The van der Waals surface area contributed by atoms with Gasteiger partial charge in [-0.05, 0) is 29.3 Å². The number of halogens is 1. The fraction of sp³-hybridized carbons (Fsp3) is 0. The molecule has 3 N–H and O–H groups in total. The minimum absolute atomic E-state index is 0.00536. The van der Waals surface area contributed by atoms with Gasteiger partial charge >= 0.3 is 5.97 Å². The number of primary amides is 1. The van der Waals surface area contributed by atoms with Crippen LogP contribution in [0, 0.1) is 0 Å². The van der Waals surface area contributed by atoms with Gasteiger partial charge in [-0.2, -0.15) is 0 Å². The number of carbonyl (C=O) groups excluding carboxylic acids is 1. The molecule has 0 atom stereocenters. The van der Waals surface area contributed by atoms with Gasteiger partial charge in [0.25, 0.3) is 0 Å². The smallest absolute Gasteiger partial charge is 0.337 e. The molecule has 0 bridgehead atoms. The van der Waals surface area contributed by atoms with Crippen LogP contribution in [0.4, 0.5) is 0 Å². The molecule has 96 valence electrons. The first-order valence-corrected chi connectivity index (χ1v) is 5.80. The molecule has 0 aliphatic heterocycles. The summed E-state index contributed by atoms with van der Waals surface area (Å²) in [7, 11) is 0. The van der Waals surface area contributed by atoms with E-state index in [1.165, 1.54) is 6.07 Å². The number of benzene rings is 2. The maximum Gasteiger partial charge on any atom is 0.337 e. The fourth-order valence-corrected chi connectivity index (χ4v) is 2.08. The molecule has 1 amide bonds. The topological polar surface area (TPSA) is 80.4 Å². The lowest BCUT2D eigenvalue weighted by molar-refractivity contribution is 0.0697. The van der Waals surface area contributed by atoms with Crippen molar-refractivity contribution in [1.82, 2.24) is 0 Å². The molecule has 0 unspecified atom stereocenters. The predicted octanol–water partition coefficient (Wildman–Crippen LogP) is 2.80. The second kappa shape index (κ2) is 5.12. The number of aromatic carboxylic acids is 1. The van der Waals surface area contributed by atoms with E-state index in [0.717, 1.165) is 0 Å². The van der Waals surface area contributed by atoms with Crippen molar-refractivity contribution in [3.63, 3.8) is 0 Å². The Balaban J connectivity index is 2.65. The van der Waals surface area contributed by atoms with E-state index in [1.54, 1.807) is 36.4 Å². The first-order chi connectivity index (χ1) is 9.00. The lowest BCUT2D eigenvalue weighted by Gasteiger charge is -2.08. The van der Waals surface area contributed by atoms with Crippen molar-refractivity contribution in [2.24, 2.45) is 5.73 Å². The lowest BCUT2D eigenvalue weighted by atomic mass is 9.98. The van der Waals surface area contributed by atoms with E-state index >= 15 is 0 Å². The Hall–Kier alpha value is -2.33. The van der Waals surface area contributed by atoms with Crippen LogP contribution in [-0.4, -0.2) is 17.0 Å². The Morgan fingerprint density at radius 2 is 1.79 bits per heavy atom. The molecule has 4 nitrogen and oxygen atoms in total. The van der Waals surface area contributed by atoms with Crippen LogP contribution >= 0.6 is 11.6 Å². The van der Waals surface area contributed by atoms with E-state index < -0.39 is 11.9 Å². The molecule has 0 saturated carbocycles. The van der Waals surface area contributed by atoms with Crippen molar-refractivity contribution >= 4 is 23.5 Å². The van der Waals surface area contributed by atoms with Crippen LogP contribution in [0.15, 0.2) is 42.5 Å². The minimum atomic E-state index is -1.12. The molecule has 2 rings (SSSR count). The lowest BCUT2D eigenvalue weighted by Crippen LogP contribution is -2.10. The second-order valence-corrected chi connectivity index (χ2v) is 4.32. The van der Waals surface area contributed by atoms with Crippen LogP contribution in [0.5, 0.6) is 0 Å². The first-order valence-electron chi connectivity index (χ1n) is 5.42. The highest BCUT2D eigenvalue weighted by Crippen LogP contribution is 2.29. The standard InChI is InChI=1S/C14H10ClNO3/c15-11-6-2-5-10(12(11)14(18)19)8-3-1-4-9(7-8)13(16)17/h1-7H,(H2,16,17)(H,18,19). The summed E-state index contributed by atoms with van der Waals surface area (Å²) in [5.41, 5.74) is 6.55. The van der Waals surface area contributed by atoms with Gasteiger partial charge < -0.3 is 10.8 Å². The number of nitrogens with two attached hydrogens (primary N) is 1. The molecule has 0 heterocycles. The van der Waals surface area contributed by atoms with Gasteiger partial charge in [0.05, 0.1) is 10.6 Å². The van der Waals surface area contributed by atoms with Crippen LogP contribution in [0.25, 0.3) is 11.1 Å². The van der Waals surface area contributed by atoms with E-state index in [0.29, 0.717) is 16.7 Å². The van der Waals surface area contributed by atoms with E-state index in [2.05, 4.69) is 0 Å². The van der Waals surface area contributed by atoms with Crippen molar-refractivity contribution in [2.75, 3.05) is 0 Å². The average molecular weight is 276 g/mol. The molecule has 19 heavy (non-hydrogen) atoms. The zero-order chi connectivity index (χ0) is 14.0. The Morgan fingerprint density at radius 3 is 2.42 bits per heavy atom. The molecular weight excluding hydrogens is 266 g/mol. The SMILES string of the molecule is NC(=O)c1cccc(-c2cccc(Cl)c2C(=O)O)c1. The monoisotopic (exact) mass is 275 g/mol. The number of rotatable bonds is 3. The largest absolute Gasteiger partial charge is 0.478 e. The Labute approximate surface area is 114 Å². The number of carboxylic acid groups (broad SMARTS) is 1. The van der Waals surface area contributed by atoms with Gasteiger partial charge in [0.2, 0.25) is 5.91 Å². The Bertz CT molecular complexity index is 667. The zero-order valence-electron chi connectivity index (χ0n) is 9.76. The zero-order valence-corrected chi connectivity index (χ0v) is 10.5. The third-order valence-electron chi connectivity index (χ3n) is 2.69. The van der Waals surface area contributed by atoms with Crippen molar-refractivity contribution in [3.8, 4) is 11.1 Å². The summed E-state index contributed by atoms with van der Waals surface area (Å²) < 4.78 is 0. The van der Waals surface area contributed by atoms with Gasteiger partial charge in [0, 0.05) is 5.56 Å². The summed E-state index contributed by atoms with van der Waals surface area (Å²) in [6, 6.07) is 11.2. The molecule has 0 aromatic heterocycles. The quantitative estimate of drug-likeness (QED) is 0.904. The summed E-state index contributed by atoms with van der Waals surface area (Å²) in [6.45, 7) is 0. The average Bonchev–Trinajstić information content (AvgIpc) is 2.38. The predicted molar refractivity (Wildman–Crippen MR) is 72.4 cm³/mol. The molecule has 5 heteroatoms. The molecule has 2 aromatic carbocycles. The summed E-state index contributed by atoms with van der Waals surface area (Å²) in [4.78, 5) is 22.4. The maximum absolute atomic E-state index is 11.3. The summed E-state index contributed by atoms with van der Waals surface area (Å²) in [5.74, 6) is -1.69. The highest BCUT2D eigenvalue weighted by atomic mass is 35.5. The third-order valence-corrected chi connectivity index (χ3v) is 3.00. The van der Waals surface area contributed by atoms with Gasteiger partial charge in [0.15, 0.2) is 0 Å². The molecule has 2 aromatic rings. The third kappa shape index (κ3) is 2.58. The van der Waals surface area contributed by atoms with Crippen LogP contribution in [-0.2, 0) is 0 Å². The minimum Gasteiger partial charge on any atom is -0.478 e. The van der Waals surface area contributed by atoms with E-state index in [4.69, 9.17) is 17.3 Å². The molecule has 0 spiro atoms. The fourth-order valence-electron chi connectivity index (χ4n) is 1.82. The number of hydrogen-bond donors (Lipinski definition) is 2. The summed E-state index contributed by atoms with van der Waals surface area (Å²) in [5, 5.41) is 9.36. The van der Waals surface area contributed by atoms with Crippen molar-refractivity contribution in [3.05, 3.63) is 58.6 Å². The number of carboxylic acids is 1. The first kappa shape index (κ1) is 13.1. The number of hydrogen-bond acceptors (Lipinski definition) is 2. The Kier molecular flexibility index (Phi) is 3.53. The van der Waals surface area contributed by atoms with Gasteiger partial charge in [-0.15, -0.1) is 0 Å². The van der Waals surface area contributed by atoms with Crippen LogP contribution in [0.1, 0.15) is 20.7 Å². The molecule has 0 saturated heterocycles. The Morgan fingerprint density at radius 1 is 1.11 bits per heavy atom. The number of amides is 1. The normalized spacial score (nSPS) is 10.2. The van der Waals surface area contributed by atoms with Gasteiger partial charge in [-0.25, -0.2) is 4.79 Å². The van der Waals surface area contributed by atoms with Crippen LogP contribution in [0.2, 0.25) is 5.02 Å². The molecule has 0 aliphatic rings. The van der Waals surface area contributed by atoms with Gasteiger partial charge in [-0.1, -0.05) is 35.9 Å². The number of carbonyl (C=O) groups is 2. The highest BCUT2D eigenvalue weighted by Gasteiger charge is 2.16. The summed E-state index contributed by atoms with van der Waals surface area (Å²) >= 11 is 5.90. The second-order valence-electron chi connectivity index (χ2n) is 3.91. The van der Waals surface area contributed by atoms with E-state index in [-0.39, 0.29) is 10.6 Å². The maximum atomic E-state index is 11.3.